The highest BCUT2D eigenvalue weighted by molar-refractivity contribution is 6.02. The molecule has 2 rings (SSSR count). The Morgan fingerprint density at radius 3 is 2.76 bits per heavy atom. The molecule has 1 aromatic heterocycles. The molecule has 5 heteroatoms. The van der Waals surface area contributed by atoms with Crippen molar-refractivity contribution < 1.29 is 18.0 Å². The third-order valence-electron chi connectivity index (χ3n) is 2.73. The molecule has 0 radical (unpaired) electrons. The standard InChI is InChI=1S/C12H11F2NO2/c1-6(15-2)12(16)8-5-9-7(3-4-17-9)10(13)11(8)14/h3-6,15H,1-2H3/t6-/m0/s1. The molecule has 1 heterocycles. The van der Waals surface area contributed by atoms with Crippen molar-refractivity contribution in [2.24, 2.45) is 0 Å². The lowest BCUT2D eigenvalue weighted by Gasteiger charge is -2.10. The molecule has 0 bridgehead atoms. The molecule has 0 amide bonds. The summed E-state index contributed by atoms with van der Waals surface area (Å²) in [7, 11) is 1.57. The molecule has 0 aliphatic heterocycles. The van der Waals surface area contributed by atoms with Crippen LogP contribution in [0.4, 0.5) is 8.78 Å². The molecule has 0 spiro atoms. The Morgan fingerprint density at radius 2 is 2.12 bits per heavy atom. The van der Waals surface area contributed by atoms with Crippen LogP contribution in [0, 0.1) is 11.6 Å². The van der Waals surface area contributed by atoms with Crippen LogP contribution in [0.2, 0.25) is 0 Å². The number of ketones is 1. The minimum Gasteiger partial charge on any atom is -0.464 e. The fourth-order valence-corrected chi connectivity index (χ4v) is 1.59. The van der Waals surface area contributed by atoms with Gasteiger partial charge in [0.1, 0.15) is 5.58 Å². The molecule has 1 N–H and O–H groups in total. The first kappa shape index (κ1) is 11.7. The molecule has 0 aliphatic rings. The van der Waals surface area contributed by atoms with Crippen molar-refractivity contribution in [1.82, 2.24) is 5.32 Å². The van der Waals surface area contributed by atoms with Gasteiger partial charge in [0.05, 0.1) is 23.3 Å². The lowest BCUT2D eigenvalue weighted by molar-refractivity contribution is 0.0950. The Kier molecular flexibility index (Phi) is 2.93. The number of hydrogen-bond donors (Lipinski definition) is 1. The number of Topliss-reactive ketones (excluding diaryl/α,β-unsaturated/α-hetero) is 1. The first-order chi connectivity index (χ1) is 8.06. The van der Waals surface area contributed by atoms with Gasteiger partial charge in [0.15, 0.2) is 17.4 Å². The van der Waals surface area contributed by atoms with Crippen LogP contribution in [0.25, 0.3) is 11.0 Å². The zero-order chi connectivity index (χ0) is 12.6. The largest absolute Gasteiger partial charge is 0.464 e. The summed E-state index contributed by atoms with van der Waals surface area (Å²) < 4.78 is 32.3. The fourth-order valence-electron chi connectivity index (χ4n) is 1.59. The maximum Gasteiger partial charge on any atom is 0.182 e. The van der Waals surface area contributed by atoms with Gasteiger partial charge in [0.2, 0.25) is 0 Å². The number of fused-ring (bicyclic) bond motifs is 1. The highest BCUT2D eigenvalue weighted by atomic mass is 19.2. The lowest BCUT2D eigenvalue weighted by atomic mass is 10.0. The van der Waals surface area contributed by atoms with Crippen molar-refractivity contribution in [2.75, 3.05) is 7.05 Å². The van der Waals surface area contributed by atoms with Crippen LogP contribution in [0.5, 0.6) is 0 Å². The monoisotopic (exact) mass is 239 g/mol. The second kappa shape index (κ2) is 4.25. The van der Waals surface area contributed by atoms with Gasteiger partial charge >= 0.3 is 0 Å². The van der Waals surface area contributed by atoms with E-state index < -0.39 is 23.5 Å². The van der Waals surface area contributed by atoms with E-state index in [1.807, 2.05) is 0 Å². The van der Waals surface area contributed by atoms with Crippen molar-refractivity contribution in [3.05, 3.63) is 35.6 Å². The van der Waals surface area contributed by atoms with Gasteiger partial charge in [-0.05, 0) is 26.1 Å². The summed E-state index contributed by atoms with van der Waals surface area (Å²) in [5, 5.41) is 2.72. The maximum absolute atomic E-state index is 13.7. The summed E-state index contributed by atoms with van der Waals surface area (Å²) in [4.78, 5) is 11.8. The van der Waals surface area contributed by atoms with E-state index in [0.29, 0.717) is 0 Å². The Morgan fingerprint density at radius 1 is 1.41 bits per heavy atom. The average Bonchev–Trinajstić information content (AvgIpc) is 2.80. The van der Waals surface area contributed by atoms with Crippen molar-refractivity contribution in [3.8, 4) is 0 Å². The number of halogens is 2. The first-order valence-corrected chi connectivity index (χ1v) is 5.13. The molecule has 3 nitrogen and oxygen atoms in total. The van der Waals surface area contributed by atoms with Gasteiger partial charge in [-0.15, -0.1) is 0 Å². The molecule has 0 aliphatic carbocycles. The molecular formula is C12H11F2NO2. The number of furan rings is 1. The van der Waals surface area contributed by atoms with Crippen molar-refractivity contribution in [2.45, 2.75) is 13.0 Å². The van der Waals surface area contributed by atoms with Gasteiger partial charge in [-0.2, -0.15) is 0 Å². The van der Waals surface area contributed by atoms with E-state index in [1.54, 1.807) is 14.0 Å². The van der Waals surface area contributed by atoms with Crippen LogP contribution >= 0.6 is 0 Å². The minimum absolute atomic E-state index is 0.0381. The van der Waals surface area contributed by atoms with E-state index in [1.165, 1.54) is 18.4 Å². The van der Waals surface area contributed by atoms with E-state index in [-0.39, 0.29) is 16.5 Å². The molecule has 1 atom stereocenters. The highest BCUT2D eigenvalue weighted by Crippen LogP contribution is 2.25. The lowest BCUT2D eigenvalue weighted by Crippen LogP contribution is -2.31. The third-order valence-corrected chi connectivity index (χ3v) is 2.73. The van der Waals surface area contributed by atoms with Crippen molar-refractivity contribution in [3.63, 3.8) is 0 Å². The molecule has 0 saturated heterocycles. The van der Waals surface area contributed by atoms with Crippen molar-refractivity contribution >= 4 is 16.8 Å². The van der Waals surface area contributed by atoms with E-state index in [4.69, 9.17) is 4.42 Å². The smallest absolute Gasteiger partial charge is 0.182 e. The summed E-state index contributed by atoms with van der Waals surface area (Å²) in [5.74, 6) is -2.70. The topological polar surface area (TPSA) is 42.2 Å². The van der Waals surface area contributed by atoms with Gasteiger partial charge < -0.3 is 9.73 Å². The molecule has 17 heavy (non-hydrogen) atoms. The van der Waals surface area contributed by atoms with Crippen LogP contribution in [0.1, 0.15) is 17.3 Å². The molecule has 90 valence electrons. The summed E-state index contributed by atoms with van der Waals surface area (Å²) >= 11 is 0. The second-order valence-corrected chi connectivity index (χ2v) is 3.76. The Labute approximate surface area is 96.4 Å². The highest BCUT2D eigenvalue weighted by Gasteiger charge is 2.23. The summed E-state index contributed by atoms with van der Waals surface area (Å²) in [6.07, 6.45) is 1.25. The molecule has 0 unspecified atom stereocenters. The van der Waals surface area contributed by atoms with Gasteiger partial charge in [0, 0.05) is 0 Å². The van der Waals surface area contributed by atoms with Crippen LogP contribution in [0.15, 0.2) is 22.8 Å². The Bertz CT molecular complexity index is 577. The number of carbonyl (C=O) groups excluding carboxylic acids is 1. The SMILES string of the molecule is CN[C@@H](C)C(=O)c1cc2occc2c(F)c1F. The first-order valence-electron chi connectivity index (χ1n) is 5.13. The zero-order valence-corrected chi connectivity index (χ0v) is 9.38. The normalized spacial score (nSPS) is 12.9. The number of rotatable bonds is 3. The average molecular weight is 239 g/mol. The molecule has 0 fully saturated rings. The van der Waals surface area contributed by atoms with Gasteiger partial charge in [-0.1, -0.05) is 0 Å². The van der Waals surface area contributed by atoms with Crippen molar-refractivity contribution in [1.29, 1.82) is 0 Å². The number of carbonyl (C=O) groups is 1. The summed E-state index contributed by atoms with van der Waals surface area (Å²) in [6, 6.07) is 1.96. The molecule has 1 aromatic carbocycles. The summed E-state index contributed by atoms with van der Waals surface area (Å²) in [5.41, 5.74) is -0.137. The predicted molar refractivity (Wildman–Crippen MR) is 59.0 cm³/mol. The van der Waals surface area contributed by atoms with Gasteiger partial charge in [0.25, 0.3) is 0 Å². The molecule has 2 aromatic rings. The zero-order valence-electron chi connectivity index (χ0n) is 9.38. The van der Waals surface area contributed by atoms with Gasteiger partial charge in [-0.25, -0.2) is 8.78 Å². The predicted octanol–water partition coefficient (Wildman–Crippen LogP) is 2.50. The fraction of sp³-hybridized carbons (Fsp3) is 0.250. The van der Waals surface area contributed by atoms with Gasteiger partial charge in [-0.3, -0.25) is 4.79 Å². The van der Waals surface area contributed by atoms with Crippen LogP contribution in [-0.2, 0) is 0 Å². The number of nitrogens with one attached hydrogen (secondary N) is 1. The maximum atomic E-state index is 13.7. The number of benzene rings is 1. The van der Waals surface area contributed by atoms with Crippen LogP contribution < -0.4 is 5.32 Å². The van der Waals surface area contributed by atoms with E-state index in [2.05, 4.69) is 5.32 Å². The Balaban J connectivity index is 2.61. The minimum atomic E-state index is -1.13. The molecular weight excluding hydrogens is 228 g/mol. The van der Waals surface area contributed by atoms with Crippen LogP contribution in [-0.4, -0.2) is 18.9 Å². The number of hydrogen-bond acceptors (Lipinski definition) is 3. The van der Waals surface area contributed by atoms with E-state index >= 15 is 0 Å². The van der Waals surface area contributed by atoms with Crippen LogP contribution in [0.3, 0.4) is 0 Å². The molecule has 0 saturated carbocycles. The quantitative estimate of drug-likeness (QED) is 0.837. The summed E-state index contributed by atoms with van der Waals surface area (Å²) in [6.45, 7) is 1.58. The van der Waals surface area contributed by atoms with E-state index in [9.17, 15) is 13.6 Å². The van der Waals surface area contributed by atoms with E-state index in [0.717, 1.165) is 0 Å². The Hall–Kier alpha value is -1.75. The second-order valence-electron chi connectivity index (χ2n) is 3.76. The number of likely N-dealkylation sites (N-methyl/N-ethyl adjacent to an activating group) is 1. The third kappa shape index (κ3) is 1.82.